The first-order valence-corrected chi connectivity index (χ1v) is 6.91. The van der Waals surface area contributed by atoms with Crippen molar-refractivity contribution in [3.63, 3.8) is 0 Å². The van der Waals surface area contributed by atoms with Gasteiger partial charge in [0.05, 0.1) is 12.9 Å². The molecule has 0 bridgehead atoms. The maximum absolute atomic E-state index is 11.7. The molecule has 1 aromatic carbocycles. The number of carbonyl (C=O) groups excluding carboxylic acids is 1. The summed E-state index contributed by atoms with van der Waals surface area (Å²) in [5.41, 5.74) is 1.07. The molecule has 19 heavy (non-hydrogen) atoms. The second-order valence-corrected chi connectivity index (χ2v) is 5.01. The molecule has 2 aromatic rings. The van der Waals surface area contributed by atoms with Gasteiger partial charge in [-0.25, -0.2) is 0 Å². The number of H-pyrrole nitrogens is 1. The molecule has 2 rings (SSSR count). The van der Waals surface area contributed by atoms with Crippen molar-refractivity contribution in [2.24, 2.45) is 0 Å². The minimum Gasteiger partial charge on any atom is -0.497 e. The van der Waals surface area contributed by atoms with Gasteiger partial charge in [0.15, 0.2) is 0 Å². The first-order valence-electron chi connectivity index (χ1n) is 5.93. The molecule has 0 radical (unpaired) electrons. The van der Waals surface area contributed by atoms with Crippen molar-refractivity contribution >= 4 is 17.7 Å². The maximum Gasteiger partial charge on any atom is 0.230 e. The van der Waals surface area contributed by atoms with Crippen LogP contribution in [0.25, 0.3) is 0 Å². The molecule has 1 amide bonds. The first kappa shape index (κ1) is 13.5. The van der Waals surface area contributed by atoms with Gasteiger partial charge in [-0.05, 0) is 35.9 Å². The van der Waals surface area contributed by atoms with E-state index in [4.69, 9.17) is 4.74 Å². The number of hydrogen-bond donors (Lipinski definition) is 2. The molecule has 100 valence electrons. The van der Waals surface area contributed by atoms with Crippen LogP contribution in [0.4, 0.5) is 0 Å². The first-order chi connectivity index (χ1) is 9.28. The van der Waals surface area contributed by atoms with Crippen LogP contribution in [0.2, 0.25) is 0 Å². The lowest BCUT2D eigenvalue weighted by Gasteiger charge is -2.05. The highest BCUT2D eigenvalue weighted by Crippen LogP contribution is 2.20. The number of aromatic amines is 1. The van der Waals surface area contributed by atoms with Gasteiger partial charge in [-0.2, -0.15) is 0 Å². The molecule has 0 unspecified atom stereocenters. The Hall–Kier alpha value is -1.88. The van der Waals surface area contributed by atoms with Crippen LogP contribution >= 0.6 is 11.8 Å². The van der Waals surface area contributed by atoms with Crippen molar-refractivity contribution in [3.8, 4) is 5.75 Å². The molecular formula is C14H16N2O2S. The van der Waals surface area contributed by atoms with Gasteiger partial charge >= 0.3 is 0 Å². The van der Waals surface area contributed by atoms with Gasteiger partial charge in [-0.3, -0.25) is 4.79 Å². The van der Waals surface area contributed by atoms with E-state index in [2.05, 4.69) is 10.3 Å². The SMILES string of the molecule is COc1ccc(SCC(=O)NCc2cc[nH]c2)cc1. The van der Waals surface area contributed by atoms with E-state index in [0.29, 0.717) is 12.3 Å². The Labute approximate surface area is 116 Å². The van der Waals surface area contributed by atoms with Gasteiger partial charge in [0.1, 0.15) is 5.75 Å². The van der Waals surface area contributed by atoms with E-state index in [0.717, 1.165) is 16.2 Å². The second kappa shape index (κ2) is 6.89. The van der Waals surface area contributed by atoms with Crippen LogP contribution in [0.3, 0.4) is 0 Å². The number of methoxy groups -OCH3 is 1. The standard InChI is InChI=1S/C14H16N2O2S/c1-18-12-2-4-13(5-3-12)19-10-14(17)16-9-11-6-7-15-8-11/h2-8,15H,9-10H2,1H3,(H,16,17). The number of aromatic nitrogens is 1. The van der Waals surface area contributed by atoms with E-state index in [1.807, 2.05) is 42.7 Å². The van der Waals surface area contributed by atoms with E-state index in [1.54, 1.807) is 7.11 Å². The minimum atomic E-state index is 0.0296. The van der Waals surface area contributed by atoms with Crippen LogP contribution in [0.5, 0.6) is 5.75 Å². The van der Waals surface area contributed by atoms with E-state index in [1.165, 1.54) is 11.8 Å². The lowest BCUT2D eigenvalue weighted by molar-refractivity contribution is -0.118. The highest BCUT2D eigenvalue weighted by Gasteiger charge is 2.03. The Morgan fingerprint density at radius 2 is 2.11 bits per heavy atom. The summed E-state index contributed by atoms with van der Waals surface area (Å²) in [5, 5.41) is 2.87. The predicted octanol–water partition coefficient (Wildman–Crippen LogP) is 2.43. The van der Waals surface area contributed by atoms with Crippen molar-refractivity contribution in [1.29, 1.82) is 0 Å². The Kier molecular flexibility index (Phi) is 4.92. The lowest BCUT2D eigenvalue weighted by atomic mass is 10.3. The molecule has 2 N–H and O–H groups in total. The summed E-state index contributed by atoms with van der Waals surface area (Å²) in [7, 11) is 1.64. The average molecular weight is 276 g/mol. The predicted molar refractivity (Wildman–Crippen MR) is 76.4 cm³/mol. The smallest absolute Gasteiger partial charge is 0.230 e. The van der Waals surface area contributed by atoms with Crippen LogP contribution in [0.1, 0.15) is 5.56 Å². The number of rotatable bonds is 6. The normalized spacial score (nSPS) is 10.2. The highest BCUT2D eigenvalue weighted by atomic mass is 32.2. The number of benzene rings is 1. The van der Waals surface area contributed by atoms with Crippen LogP contribution in [0.15, 0.2) is 47.6 Å². The molecule has 0 fully saturated rings. The summed E-state index contributed by atoms with van der Waals surface area (Å²) >= 11 is 1.51. The third-order valence-electron chi connectivity index (χ3n) is 2.58. The van der Waals surface area contributed by atoms with Crippen LogP contribution in [-0.4, -0.2) is 23.8 Å². The van der Waals surface area contributed by atoms with Crippen molar-refractivity contribution in [1.82, 2.24) is 10.3 Å². The molecule has 4 nitrogen and oxygen atoms in total. The topological polar surface area (TPSA) is 54.1 Å². The zero-order chi connectivity index (χ0) is 13.5. The summed E-state index contributed by atoms with van der Waals surface area (Å²) < 4.78 is 5.08. The largest absolute Gasteiger partial charge is 0.497 e. The van der Waals surface area contributed by atoms with Crippen LogP contribution < -0.4 is 10.1 Å². The van der Waals surface area contributed by atoms with Crippen LogP contribution in [-0.2, 0) is 11.3 Å². The fourth-order valence-electron chi connectivity index (χ4n) is 1.54. The number of carbonyl (C=O) groups is 1. The number of ether oxygens (including phenoxy) is 1. The molecule has 0 aliphatic heterocycles. The molecule has 0 saturated heterocycles. The lowest BCUT2D eigenvalue weighted by Crippen LogP contribution is -2.24. The Morgan fingerprint density at radius 1 is 1.32 bits per heavy atom. The van der Waals surface area contributed by atoms with Crippen molar-refractivity contribution in [3.05, 3.63) is 48.3 Å². The zero-order valence-corrected chi connectivity index (χ0v) is 11.5. The molecule has 0 atom stereocenters. The Bertz CT molecular complexity index is 509. The fraction of sp³-hybridized carbons (Fsp3) is 0.214. The highest BCUT2D eigenvalue weighted by molar-refractivity contribution is 8.00. The van der Waals surface area contributed by atoms with Crippen molar-refractivity contribution in [2.45, 2.75) is 11.4 Å². The van der Waals surface area contributed by atoms with E-state index >= 15 is 0 Å². The summed E-state index contributed by atoms with van der Waals surface area (Å²) in [6.07, 6.45) is 3.71. The fourth-order valence-corrected chi connectivity index (χ4v) is 2.27. The van der Waals surface area contributed by atoms with Crippen LogP contribution in [0, 0.1) is 0 Å². The van der Waals surface area contributed by atoms with Gasteiger partial charge in [0.25, 0.3) is 0 Å². The minimum absolute atomic E-state index is 0.0296. The van der Waals surface area contributed by atoms with Gasteiger partial charge < -0.3 is 15.0 Å². The third-order valence-corrected chi connectivity index (χ3v) is 3.59. The molecule has 1 aromatic heterocycles. The molecular weight excluding hydrogens is 260 g/mol. The maximum atomic E-state index is 11.7. The quantitative estimate of drug-likeness (QED) is 0.797. The summed E-state index contributed by atoms with van der Waals surface area (Å²) in [6, 6.07) is 9.61. The molecule has 0 saturated carbocycles. The van der Waals surface area contributed by atoms with Gasteiger partial charge in [0.2, 0.25) is 5.91 Å². The van der Waals surface area contributed by atoms with Crippen molar-refractivity contribution in [2.75, 3.05) is 12.9 Å². The Morgan fingerprint density at radius 3 is 2.74 bits per heavy atom. The molecule has 0 spiro atoms. The van der Waals surface area contributed by atoms with Gasteiger partial charge in [-0.15, -0.1) is 11.8 Å². The molecule has 1 heterocycles. The van der Waals surface area contributed by atoms with Gasteiger partial charge in [0, 0.05) is 23.8 Å². The molecule has 0 aliphatic carbocycles. The number of hydrogen-bond acceptors (Lipinski definition) is 3. The number of nitrogens with one attached hydrogen (secondary N) is 2. The van der Waals surface area contributed by atoms with Gasteiger partial charge in [-0.1, -0.05) is 0 Å². The molecule has 0 aliphatic rings. The van der Waals surface area contributed by atoms with Crippen molar-refractivity contribution < 1.29 is 9.53 Å². The third kappa shape index (κ3) is 4.37. The Balaban J connectivity index is 1.73. The number of thioether (sulfide) groups is 1. The summed E-state index contributed by atoms with van der Waals surface area (Å²) in [4.78, 5) is 15.7. The second-order valence-electron chi connectivity index (χ2n) is 3.96. The number of amides is 1. The van der Waals surface area contributed by atoms with E-state index in [9.17, 15) is 4.79 Å². The van der Waals surface area contributed by atoms with E-state index < -0.39 is 0 Å². The van der Waals surface area contributed by atoms with E-state index in [-0.39, 0.29) is 5.91 Å². The molecule has 5 heteroatoms. The zero-order valence-electron chi connectivity index (χ0n) is 10.7. The summed E-state index contributed by atoms with van der Waals surface area (Å²) in [5.74, 6) is 1.26. The monoisotopic (exact) mass is 276 g/mol. The summed E-state index contributed by atoms with van der Waals surface area (Å²) in [6.45, 7) is 0.561. The average Bonchev–Trinajstić information content (AvgIpc) is 2.96.